The van der Waals surface area contributed by atoms with Crippen LogP contribution in [0.2, 0.25) is 0 Å². The quantitative estimate of drug-likeness (QED) is 0.211. The van der Waals surface area contributed by atoms with Gasteiger partial charge in [-0.2, -0.15) is 0 Å². The number of allylic oxidation sites excluding steroid dienone is 2. The molecule has 0 radical (unpaired) electrons. The van der Waals surface area contributed by atoms with Crippen LogP contribution in [0.15, 0.2) is 69.5 Å². The summed E-state index contributed by atoms with van der Waals surface area (Å²) in [6.45, 7) is 4.48. The van der Waals surface area contributed by atoms with Crippen LogP contribution >= 0.6 is 0 Å². The molecule has 36 heavy (non-hydrogen) atoms. The number of rotatable bonds is 12. The molecule has 3 aromatic carbocycles. The first-order chi connectivity index (χ1) is 17.3. The van der Waals surface area contributed by atoms with Crippen LogP contribution in [0, 0.1) is 13.8 Å². The molecule has 186 valence electrons. The van der Waals surface area contributed by atoms with Gasteiger partial charge in [0, 0.05) is 5.57 Å². The van der Waals surface area contributed by atoms with Crippen LogP contribution in [-0.4, -0.2) is 11.6 Å². The molecule has 0 aromatic heterocycles. The van der Waals surface area contributed by atoms with Gasteiger partial charge in [0.2, 0.25) is 11.2 Å². The molecule has 0 spiro atoms. The van der Waals surface area contributed by atoms with Gasteiger partial charge in [-0.05, 0) is 50.7 Å². The van der Waals surface area contributed by atoms with Crippen molar-refractivity contribution in [2.24, 2.45) is 0 Å². The summed E-state index contributed by atoms with van der Waals surface area (Å²) in [6, 6.07) is 15.6. The maximum atomic E-state index is 12.3. The number of carbonyl (C=O) groups is 2. The van der Waals surface area contributed by atoms with Crippen LogP contribution < -0.4 is 15.6 Å². The van der Waals surface area contributed by atoms with Gasteiger partial charge in [-0.25, -0.2) is 0 Å². The molecule has 0 saturated heterocycles. The van der Waals surface area contributed by atoms with E-state index in [2.05, 4.69) is 0 Å². The molecule has 0 fully saturated rings. The lowest BCUT2D eigenvalue weighted by Gasteiger charge is -2.13. The lowest BCUT2D eigenvalue weighted by molar-refractivity contribution is -0.122. The first-order valence-corrected chi connectivity index (χ1v) is 12.3. The third-order valence-electron chi connectivity index (χ3n) is 6.51. The van der Waals surface area contributed by atoms with Crippen molar-refractivity contribution in [3.8, 4) is 5.75 Å². The summed E-state index contributed by atoms with van der Waals surface area (Å²) in [5, 5.41) is 0. The number of unbranched alkanes of at least 4 members (excludes halogenated alkanes) is 2. The zero-order chi connectivity index (χ0) is 25.7. The van der Waals surface area contributed by atoms with Crippen molar-refractivity contribution < 1.29 is 19.1 Å². The van der Waals surface area contributed by atoms with Gasteiger partial charge in [-0.3, -0.25) is 19.2 Å². The van der Waals surface area contributed by atoms with Gasteiger partial charge in [-0.15, -0.1) is 0 Å². The van der Waals surface area contributed by atoms with Crippen molar-refractivity contribution in [1.29, 1.82) is 0 Å². The van der Waals surface area contributed by atoms with Gasteiger partial charge in [0.15, 0.2) is 17.3 Å². The van der Waals surface area contributed by atoms with Crippen molar-refractivity contribution in [2.45, 2.75) is 65.6 Å². The minimum atomic E-state index is -0.562. The minimum Gasteiger partial charge on any atom is -0.485 e. The number of hydrogen-bond acceptors (Lipinski definition) is 6. The molecule has 3 aromatic rings. The first kappa shape index (κ1) is 25.3. The Labute approximate surface area is 210 Å². The summed E-state index contributed by atoms with van der Waals surface area (Å²) in [5.74, 6) is -0.0733. The second-order valence-corrected chi connectivity index (χ2v) is 9.41. The van der Waals surface area contributed by atoms with Gasteiger partial charge in [0.25, 0.3) is 5.43 Å². The molecule has 0 amide bonds. The van der Waals surface area contributed by atoms with E-state index < -0.39 is 10.9 Å². The standard InChI is InChI=1S/C30H30O6/c1-19-8-12-21(13-9-19)17-35-29-23(25(31)16-26(29)32)6-4-3-5-7-24-27(33)28(34)30(24)36-18-22-14-10-20(2)11-15-22/h8-15H,3-7,16-18H2,1-2H3. The van der Waals surface area contributed by atoms with Crippen LogP contribution in [-0.2, 0) is 34.0 Å². The van der Waals surface area contributed by atoms with Crippen LogP contribution in [0.25, 0.3) is 0 Å². The molecule has 0 unspecified atom stereocenters. The molecule has 6 nitrogen and oxygen atoms in total. The largest absolute Gasteiger partial charge is 0.485 e. The Morgan fingerprint density at radius 2 is 1.19 bits per heavy atom. The maximum Gasteiger partial charge on any atom is 0.268 e. The average molecular weight is 487 g/mol. The fourth-order valence-electron chi connectivity index (χ4n) is 4.31. The SMILES string of the molecule is Cc1ccc(COC2=C(CCCCCc3c(OCc4ccc(C)cc4)c(=O)c3=O)C(=O)CC2=O)cc1. The second kappa shape index (κ2) is 11.3. The number of ketones is 2. The summed E-state index contributed by atoms with van der Waals surface area (Å²) in [7, 11) is 0. The molecular formula is C30H30O6. The molecule has 1 aliphatic carbocycles. The Bertz CT molecular complexity index is 1350. The monoisotopic (exact) mass is 486 g/mol. The number of hydrogen-bond donors (Lipinski definition) is 0. The minimum absolute atomic E-state index is 0.135. The fourth-order valence-corrected chi connectivity index (χ4v) is 4.31. The van der Waals surface area contributed by atoms with E-state index in [9.17, 15) is 19.2 Å². The Kier molecular flexibility index (Phi) is 7.93. The van der Waals surface area contributed by atoms with Gasteiger partial charge in [-0.1, -0.05) is 66.1 Å². The van der Waals surface area contributed by atoms with E-state index in [1.165, 1.54) is 0 Å². The van der Waals surface area contributed by atoms with E-state index >= 15 is 0 Å². The summed E-state index contributed by atoms with van der Waals surface area (Å²) < 4.78 is 11.4. The number of Topliss-reactive ketones (excluding diaryl/α,β-unsaturated/α-hetero) is 2. The Balaban J connectivity index is 1.27. The van der Waals surface area contributed by atoms with Crippen LogP contribution in [0.4, 0.5) is 0 Å². The third-order valence-corrected chi connectivity index (χ3v) is 6.51. The van der Waals surface area contributed by atoms with Gasteiger partial charge < -0.3 is 9.47 Å². The van der Waals surface area contributed by atoms with Crippen molar-refractivity contribution in [1.82, 2.24) is 0 Å². The highest BCUT2D eigenvalue weighted by atomic mass is 16.5. The fraction of sp³-hybridized carbons (Fsp3) is 0.333. The van der Waals surface area contributed by atoms with Gasteiger partial charge in [0.1, 0.15) is 13.2 Å². The summed E-state index contributed by atoms with van der Waals surface area (Å²) >= 11 is 0. The van der Waals surface area contributed by atoms with E-state index in [1.807, 2.05) is 62.4 Å². The Hall–Kier alpha value is -3.80. The predicted molar refractivity (Wildman–Crippen MR) is 137 cm³/mol. The zero-order valence-corrected chi connectivity index (χ0v) is 20.7. The lowest BCUT2D eigenvalue weighted by Crippen LogP contribution is -2.36. The molecule has 1 aliphatic rings. The summed E-state index contributed by atoms with van der Waals surface area (Å²) in [5.41, 5.74) is 4.02. The normalized spacial score (nSPS) is 13.6. The molecular weight excluding hydrogens is 456 g/mol. The third kappa shape index (κ3) is 5.88. The molecule has 0 bridgehead atoms. The molecule has 4 rings (SSSR count). The Morgan fingerprint density at radius 1 is 0.639 bits per heavy atom. The summed E-state index contributed by atoms with van der Waals surface area (Å²) in [4.78, 5) is 48.6. The number of ether oxygens (including phenoxy) is 2. The van der Waals surface area contributed by atoms with Crippen molar-refractivity contribution in [3.05, 3.63) is 108 Å². The highest BCUT2D eigenvalue weighted by Crippen LogP contribution is 2.27. The van der Waals surface area contributed by atoms with E-state index in [-0.39, 0.29) is 42.7 Å². The van der Waals surface area contributed by atoms with E-state index in [0.717, 1.165) is 28.7 Å². The van der Waals surface area contributed by atoms with Crippen molar-refractivity contribution in [3.63, 3.8) is 0 Å². The molecule has 0 N–H and O–H groups in total. The van der Waals surface area contributed by atoms with Crippen LogP contribution in [0.3, 0.4) is 0 Å². The van der Waals surface area contributed by atoms with Gasteiger partial charge >= 0.3 is 0 Å². The molecule has 0 saturated carbocycles. The number of carbonyl (C=O) groups excluding carboxylic acids is 2. The molecule has 6 heteroatoms. The molecule has 0 atom stereocenters. The smallest absolute Gasteiger partial charge is 0.268 e. The number of aryl methyl sites for hydroxylation is 2. The van der Waals surface area contributed by atoms with Crippen molar-refractivity contribution >= 4 is 11.6 Å². The second-order valence-electron chi connectivity index (χ2n) is 9.41. The highest BCUT2D eigenvalue weighted by Gasteiger charge is 2.31. The van der Waals surface area contributed by atoms with Crippen LogP contribution in [0.1, 0.15) is 59.9 Å². The average Bonchev–Trinajstić information content (AvgIpc) is 3.14. The molecule has 0 aliphatic heterocycles. The Morgan fingerprint density at radius 3 is 1.81 bits per heavy atom. The maximum absolute atomic E-state index is 12.3. The van der Waals surface area contributed by atoms with E-state index in [1.54, 1.807) is 0 Å². The molecule has 0 heterocycles. The number of benzene rings is 2. The predicted octanol–water partition coefficient (Wildman–Crippen LogP) is 4.59. The zero-order valence-electron chi connectivity index (χ0n) is 20.7. The topological polar surface area (TPSA) is 86.7 Å². The van der Waals surface area contributed by atoms with Gasteiger partial charge in [0.05, 0.1) is 12.0 Å². The van der Waals surface area contributed by atoms with E-state index in [4.69, 9.17) is 9.47 Å². The summed E-state index contributed by atoms with van der Waals surface area (Å²) in [6.07, 6.45) is 2.88. The highest BCUT2D eigenvalue weighted by molar-refractivity contribution is 6.21. The first-order valence-electron chi connectivity index (χ1n) is 12.3. The van der Waals surface area contributed by atoms with Crippen molar-refractivity contribution in [2.75, 3.05) is 0 Å². The lowest BCUT2D eigenvalue weighted by atomic mass is 9.99. The van der Waals surface area contributed by atoms with Crippen LogP contribution in [0.5, 0.6) is 5.75 Å². The van der Waals surface area contributed by atoms with E-state index in [0.29, 0.717) is 36.8 Å².